The highest BCUT2D eigenvalue weighted by molar-refractivity contribution is 5.74. The van der Waals surface area contributed by atoms with Gasteiger partial charge in [-0.1, -0.05) is 52.7 Å². The third-order valence-corrected chi connectivity index (χ3v) is 22.8. The standard InChI is InChI=1S/C58H92O27/c1-23-16-57(84-47(23)73)17-24(2)58(85-57)15-14-55(6)27-8-9-32-53(4,26(27)10-13-56(55,58)7)12-11-33(54(32,5)22-60)80-50-43(72)40(69)37(66)31(79-50)21-76-51-45(36(65)29(62)20-75-51)82-52-46(83-49-42(71)39(68)34(63)25(3)77-49)44(38(67)30(18-59)78-52)81-48-41(70)35(64)28(61)19-74-48/h23-25,28-46,48-52,59-72H,8-22H2,1-7H3/t23-,24+,25+,28+,29+,30-,31-,32-,33+,34+,35+,36+,37-,38-,39-,40+,41-,42-,43-,44+,45-,46-,48+,49+,50+,51+,52+,53-,54-,55+,56+,57+,58+/m1/s1. The predicted molar refractivity (Wildman–Crippen MR) is 283 cm³/mol. The Morgan fingerprint density at radius 2 is 1.18 bits per heavy atom. The van der Waals surface area contributed by atoms with Crippen LogP contribution in [0.4, 0.5) is 0 Å². The zero-order valence-corrected chi connectivity index (χ0v) is 49.3. The number of aliphatic hydroxyl groups excluding tert-OH is 14. The van der Waals surface area contributed by atoms with E-state index in [1.165, 1.54) is 18.1 Å². The van der Waals surface area contributed by atoms with E-state index < -0.39 is 191 Å². The molecular formula is C58H92O27. The molecule has 0 aromatic rings. The first-order chi connectivity index (χ1) is 40.0. The zero-order chi connectivity index (χ0) is 61.4. The molecule has 2 spiro atoms. The molecule has 2 saturated carbocycles. The lowest BCUT2D eigenvalue weighted by molar-refractivity contribution is -0.404. The molecule has 0 unspecified atom stereocenters. The van der Waals surface area contributed by atoms with E-state index in [0.29, 0.717) is 25.7 Å². The molecule has 0 aromatic carbocycles. The van der Waals surface area contributed by atoms with Crippen LogP contribution in [0.25, 0.3) is 0 Å². The SMILES string of the molecule is C[C@@H]1C[C@]2(C[C@H](C)[C@]3(CC[C@@]4(C)C5=C(CC[C@@]43C)[C@@]3(C)CC[C@H](O[C@@H]4O[C@H](CO[C@@H]6OC[C@H](O)[C@H](O)[C@H]6O[C@@H]6O[C@H](CO)[C@@H](O)[C@H](O[C@@H]7OC[C@H](O)[C@H](O)[C@H]7O)[C@H]6O[C@@H]6O[C@@H](C)[C@H](O)[C@@H](O)[C@H]6O)[C@@H](O)[C@H](O)[C@H]4O)[C@](C)(CO)[C@@H]3CC5)O2)OC1=O. The van der Waals surface area contributed by atoms with E-state index >= 15 is 0 Å². The van der Waals surface area contributed by atoms with Crippen molar-refractivity contribution in [3.63, 3.8) is 0 Å². The molecule has 9 fully saturated rings. The van der Waals surface area contributed by atoms with E-state index in [9.17, 15) is 76.3 Å². The van der Waals surface area contributed by atoms with Crippen molar-refractivity contribution in [2.24, 2.45) is 39.4 Å². The Bertz CT molecular complexity index is 2430. The minimum atomic E-state index is -1.97. The van der Waals surface area contributed by atoms with Gasteiger partial charge >= 0.3 is 5.97 Å². The summed E-state index contributed by atoms with van der Waals surface area (Å²) in [6.07, 6.45) is -33.5. The highest BCUT2D eigenvalue weighted by Crippen LogP contribution is 2.76. The van der Waals surface area contributed by atoms with Gasteiger partial charge in [-0.3, -0.25) is 4.79 Å². The second-order valence-corrected chi connectivity index (χ2v) is 27.5. The van der Waals surface area contributed by atoms with Crippen LogP contribution in [0.15, 0.2) is 11.1 Å². The Morgan fingerprint density at radius 1 is 0.553 bits per heavy atom. The van der Waals surface area contributed by atoms with E-state index in [1.54, 1.807) is 0 Å². The number of aliphatic hydroxyl groups is 14. The fourth-order valence-electron chi connectivity index (χ4n) is 17.6. The first kappa shape index (κ1) is 64.7. The summed E-state index contributed by atoms with van der Waals surface area (Å²) in [5.74, 6) is -1.24. The van der Waals surface area contributed by atoms with Crippen LogP contribution >= 0.6 is 0 Å². The molecule has 85 heavy (non-hydrogen) atoms. The number of hydrogen-bond donors (Lipinski definition) is 14. The molecule has 0 bridgehead atoms. The molecule has 7 heterocycles. The van der Waals surface area contributed by atoms with Crippen molar-refractivity contribution in [3.05, 3.63) is 11.1 Å². The molecule has 27 nitrogen and oxygen atoms in total. The van der Waals surface area contributed by atoms with Crippen molar-refractivity contribution in [2.45, 2.75) is 271 Å². The van der Waals surface area contributed by atoms with Gasteiger partial charge in [0, 0.05) is 23.7 Å². The first-order valence-electron chi connectivity index (χ1n) is 30.5. The number of hydrogen-bond acceptors (Lipinski definition) is 27. The molecular weight excluding hydrogens is 1130 g/mol. The Hall–Kier alpha value is -1.79. The molecule has 0 radical (unpaired) electrons. The number of allylic oxidation sites excluding steroid dienone is 2. The third-order valence-electron chi connectivity index (χ3n) is 22.8. The van der Waals surface area contributed by atoms with E-state index in [-0.39, 0.29) is 46.6 Å². The van der Waals surface area contributed by atoms with E-state index in [1.807, 2.05) is 13.8 Å². The average Bonchev–Trinajstić information content (AvgIpc) is 1.59. The molecule has 11 aliphatic rings. The number of rotatable bonds is 13. The molecule has 486 valence electrons. The molecule has 7 aliphatic heterocycles. The molecule has 11 rings (SSSR count). The van der Waals surface area contributed by atoms with Crippen LogP contribution in [-0.4, -0.2) is 269 Å². The summed E-state index contributed by atoms with van der Waals surface area (Å²) in [4.78, 5) is 12.8. The Kier molecular flexibility index (Phi) is 18.1. The van der Waals surface area contributed by atoms with Gasteiger partial charge in [0.2, 0.25) is 5.79 Å². The van der Waals surface area contributed by atoms with Crippen molar-refractivity contribution in [3.8, 4) is 0 Å². The molecule has 4 aliphatic carbocycles. The Morgan fingerprint density at radius 3 is 1.85 bits per heavy atom. The first-order valence-corrected chi connectivity index (χ1v) is 30.5. The number of carbonyl (C=O) groups excluding carboxylic acids is 1. The summed E-state index contributed by atoms with van der Waals surface area (Å²) in [6, 6.07) is 0. The number of esters is 1. The van der Waals surface area contributed by atoms with Crippen LogP contribution in [0.2, 0.25) is 0 Å². The smallest absolute Gasteiger partial charge is 0.311 e. The van der Waals surface area contributed by atoms with Crippen LogP contribution in [0.3, 0.4) is 0 Å². The lowest BCUT2D eigenvalue weighted by Gasteiger charge is -2.63. The van der Waals surface area contributed by atoms with Crippen molar-refractivity contribution < 1.29 is 133 Å². The predicted octanol–water partition coefficient (Wildman–Crippen LogP) is -3.05. The fraction of sp³-hybridized carbons (Fsp3) is 0.948. The lowest BCUT2D eigenvalue weighted by atomic mass is 9.42. The lowest BCUT2D eigenvalue weighted by Crippen LogP contribution is -2.67. The number of ether oxygens (including phenoxy) is 12. The summed E-state index contributed by atoms with van der Waals surface area (Å²) >= 11 is 0. The maximum absolute atomic E-state index is 12.8. The Balaban J connectivity index is 0.797. The van der Waals surface area contributed by atoms with Crippen molar-refractivity contribution in [1.82, 2.24) is 0 Å². The second kappa shape index (κ2) is 23.7. The van der Waals surface area contributed by atoms with Gasteiger partial charge in [0.15, 0.2) is 31.5 Å². The van der Waals surface area contributed by atoms with Gasteiger partial charge < -0.3 is 128 Å². The van der Waals surface area contributed by atoms with Gasteiger partial charge in [-0.2, -0.15) is 0 Å². The van der Waals surface area contributed by atoms with Crippen LogP contribution in [0, 0.1) is 39.4 Å². The summed E-state index contributed by atoms with van der Waals surface area (Å²) in [6.45, 7) is 11.6. The van der Waals surface area contributed by atoms with Crippen LogP contribution in [0.5, 0.6) is 0 Å². The number of fused-ring (bicyclic) bond motifs is 5. The van der Waals surface area contributed by atoms with Gasteiger partial charge in [0.25, 0.3) is 0 Å². The third kappa shape index (κ3) is 10.4. The minimum Gasteiger partial charge on any atom is -0.433 e. The largest absolute Gasteiger partial charge is 0.433 e. The maximum atomic E-state index is 12.8. The number of carbonyl (C=O) groups is 1. The molecule has 33 atom stereocenters. The Labute approximate surface area is 492 Å². The average molecular weight is 1220 g/mol. The maximum Gasteiger partial charge on any atom is 0.311 e. The molecule has 27 heteroatoms. The van der Waals surface area contributed by atoms with Gasteiger partial charge in [0.1, 0.15) is 104 Å². The topological polar surface area (TPSA) is 411 Å². The normalized spacial score (nSPS) is 56.3. The summed E-state index contributed by atoms with van der Waals surface area (Å²) < 4.78 is 73.5. The van der Waals surface area contributed by atoms with Crippen LogP contribution < -0.4 is 0 Å². The zero-order valence-electron chi connectivity index (χ0n) is 49.3. The van der Waals surface area contributed by atoms with Gasteiger partial charge in [0.05, 0.1) is 56.8 Å². The minimum absolute atomic E-state index is 0.0824. The van der Waals surface area contributed by atoms with Gasteiger partial charge in [-0.15, -0.1) is 0 Å². The van der Waals surface area contributed by atoms with Crippen LogP contribution in [0.1, 0.15) is 113 Å². The highest BCUT2D eigenvalue weighted by atomic mass is 16.8. The molecule has 0 aromatic heterocycles. The monoisotopic (exact) mass is 1220 g/mol. The van der Waals surface area contributed by atoms with Crippen molar-refractivity contribution in [2.75, 3.05) is 33.0 Å². The van der Waals surface area contributed by atoms with E-state index in [0.717, 1.165) is 38.5 Å². The van der Waals surface area contributed by atoms with E-state index in [4.69, 9.17) is 56.8 Å². The summed E-state index contributed by atoms with van der Waals surface area (Å²) in [5, 5.41) is 154. The van der Waals surface area contributed by atoms with Crippen molar-refractivity contribution in [1.29, 1.82) is 0 Å². The van der Waals surface area contributed by atoms with Crippen molar-refractivity contribution >= 4 is 5.97 Å². The van der Waals surface area contributed by atoms with Gasteiger partial charge in [-0.05, 0) is 81.0 Å². The summed E-state index contributed by atoms with van der Waals surface area (Å²) in [5.41, 5.74) is 0.742. The van der Waals surface area contributed by atoms with E-state index in [2.05, 4.69) is 27.7 Å². The molecule has 7 saturated heterocycles. The van der Waals surface area contributed by atoms with Crippen LogP contribution in [-0.2, 0) is 61.6 Å². The molecule has 14 N–H and O–H groups in total. The fourth-order valence-corrected chi connectivity index (χ4v) is 17.6. The quantitative estimate of drug-likeness (QED) is 0.0644. The second-order valence-electron chi connectivity index (χ2n) is 27.5. The molecule has 0 amide bonds. The van der Waals surface area contributed by atoms with Gasteiger partial charge in [-0.25, -0.2) is 0 Å². The highest BCUT2D eigenvalue weighted by Gasteiger charge is 2.75. The summed E-state index contributed by atoms with van der Waals surface area (Å²) in [7, 11) is 0.